The second-order valence-corrected chi connectivity index (χ2v) is 7.02. The van der Waals surface area contributed by atoms with Crippen LogP contribution in [0.3, 0.4) is 0 Å². The highest BCUT2D eigenvalue weighted by atomic mass is 32.1. The van der Waals surface area contributed by atoms with Crippen molar-refractivity contribution in [2.75, 3.05) is 31.6 Å². The van der Waals surface area contributed by atoms with Crippen molar-refractivity contribution >= 4 is 22.6 Å². The smallest absolute Gasteiger partial charge is 0.216 e. The largest absolute Gasteiger partial charge is 0.379 e. The summed E-state index contributed by atoms with van der Waals surface area (Å²) in [7, 11) is 0. The molecule has 0 atom stereocenters. The second kappa shape index (κ2) is 8.71. The van der Waals surface area contributed by atoms with Crippen LogP contribution in [0.1, 0.15) is 11.5 Å². The highest BCUT2D eigenvalue weighted by Gasteiger charge is 2.13. The number of hydrogen-bond acceptors (Lipinski definition) is 9. The van der Waals surface area contributed by atoms with E-state index in [1.54, 1.807) is 17.5 Å². The molecule has 9 nitrogen and oxygen atoms in total. The number of H-pyrrole nitrogens is 1. The molecule has 2 N–H and O–H groups in total. The lowest BCUT2D eigenvalue weighted by Crippen LogP contribution is -2.35. The van der Waals surface area contributed by atoms with Gasteiger partial charge in [0.2, 0.25) is 5.82 Å². The van der Waals surface area contributed by atoms with E-state index < -0.39 is 0 Å². The Morgan fingerprint density at radius 2 is 2.14 bits per heavy atom. The van der Waals surface area contributed by atoms with Crippen molar-refractivity contribution in [3.8, 4) is 16.6 Å². The molecule has 0 amide bonds. The van der Waals surface area contributed by atoms with E-state index in [2.05, 4.69) is 36.2 Å². The number of nitriles is 1. The van der Waals surface area contributed by atoms with Crippen LogP contribution in [0.4, 0.5) is 5.69 Å². The first-order valence-corrected chi connectivity index (χ1v) is 9.65. The minimum atomic E-state index is 0.252. The predicted molar refractivity (Wildman–Crippen MR) is 105 cm³/mol. The number of ether oxygens (including phenoxy) is 1. The van der Waals surface area contributed by atoms with Gasteiger partial charge in [-0.3, -0.25) is 4.90 Å². The molecule has 0 saturated carbocycles. The number of nitrogens with zero attached hydrogens (tertiary/aromatic N) is 6. The molecule has 1 aliphatic rings. The van der Waals surface area contributed by atoms with Crippen LogP contribution in [0.15, 0.2) is 35.8 Å². The standard InChI is InChI=1S/C18H18N8OS/c19-9-14(17-22-24-25-23-17)10-20-15-3-1-13(2-4-15)18-21-16(12-28-18)11-26-5-7-27-8-6-26/h1-4,10,12,20H,5-8,11H2,(H,22,23,24,25). The van der Waals surface area contributed by atoms with Crippen molar-refractivity contribution in [1.29, 1.82) is 5.26 Å². The third-order valence-electron chi connectivity index (χ3n) is 4.26. The molecule has 1 saturated heterocycles. The lowest BCUT2D eigenvalue weighted by atomic mass is 10.2. The average molecular weight is 394 g/mol. The normalized spacial score (nSPS) is 15.3. The molecule has 10 heteroatoms. The van der Waals surface area contributed by atoms with Crippen LogP contribution in [0.25, 0.3) is 16.1 Å². The number of nitrogens with one attached hydrogen (secondary N) is 2. The number of benzene rings is 1. The van der Waals surface area contributed by atoms with Gasteiger partial charge in [-0.05, 0) is 29.5 Å². The number of aromatic nitrogens is 5. The fraction of sp³-hybridized carbons (Fsp3) is 0.278. The van der Waals surface area contributed by atoms with Gasteiger partial charge in [0, 0.05) is 42.5 Å². The molecule has 3 aromatic rings. The van der Waals surface area contributed by atoms with Crippen LogP contribution >= 0.6 is 11.3 Å². The molecule has 1 aromatic carbocycles. The van der Waals surface area contributed by atoms with Crippen LogP contribution in [-0.4, -0.2) is 56.8 Å². The van der Waals surface area contributed by atoms with E-state index in [9.17, 15) is 5.26 Å². The number of allylic oxidation sites excluding steroid dienone is 1. The van der Waals surface area contributed by atoms with Crippen molar-refractivity contribution < 1.29 is 4.74 Å². The summed E-state index contributed by atoms with van der Waals surface area (Å²) < 4.78 is 5.39. The Labute approximate surface area is 165 Å². The van der Waals surface area contributed by atoms with Crippen LogP contribution < -0.4 is 5.32 Å². The van der Waals surface area contributed by atoms with Gasteiger partial charge in [0.25, 0.3) is 0 Å². The third kappa shape index (κ3) is 4.40. The number of hydrogen-bond donors (Lipinski definition) is 2. The van der Waals surface area contributed by atoms with E-state index in [0.717, 1.165) is 54.8 Å². The predicted octanol–water partition coefficient (Wildman–Crippen LogP) is 2.13. The minimum Gasteiger partial charge on any atom is -0.379 e. The maximum atomic E-state index is 9.19. The summed E-state index contributed by atoms with van der Waals surface area (Å²) in [5.74, 6) is 0.252. The summed E-state index contributed by atoms with van der Waals surface area (Å²) in [6.07, 6.45) is 1.56. The zero-order chi connectivity index (χ0) is 19.2. The fourth-order valence-electron chi connectivity index (χ4n) is 2.79. The van der Waals surface area contributed by atoms with Crippen molar-refractivity contribution in [2.45, 2.75) is 6.54 Å². The van der Waals surface area contributed by atoms with E-state index in [4.69, 9.17) is 9.72 Å². The topological polar surface area (TPSA) is 116 Å². The van der Waals surface area contributed by atoms with Gasteiger partial charge in [0.1, 0.15) is 16.6 Å². The summed E-state index contributed by atoms with van der Waals surface area (Å²) in [6.45, 7) is 4.35. The Morgan fingerprint density at radius 3 is 2.86 bits per heavy atom. The fourth-order valence-corrected chi connectivity index (χ4v) is 3.60. The number of rotatable bonds is 6. The quantitative estimate of drug-likeness (QED) is 0.611. The molecule has 0 aliphatic carbocycles. The van der Waals surface area contributed by atoms with Crippen LogP contribution in [-0.2, 0) is 11.3 Å². The number of anilines is 1. The van der Waals surface area contributed by atoms with E-state index in [0.29, 0.717) is 5.57 Å². The summed E-state index contributed by atoms with van der Waals surface area (Å²) >= 11 is 1.65. The molecule has 2 aromatic heterocycles. The van der Waals surface area contributed by atoms with Gasteiger partial charge in [0.15, 0.2) is 0 Å². The molecule has 1 fully saturated rings. The summed E-state index contributed by atoms with van der Waals surface area (Å²) in [4.78, 5) is 7.12. The zero-order valence-corrected chi connectivity index (χ0v) is 15.8. The van der Waals surface area contributed by atoms with Crippen molar-refractivity contribution in [3.63, 3.8) is 0 Å². The van der Waals surface area contributed by atoms with Gasteiger partial charge in [-0.2, -0.15) is 10.5 Å². The first-order chi connectivity index (χ1) is 13.8. The Bertz CT molecular complexity index is 968. The van der Waals surface area contributed by atoms with Gasteiger partial charge in [-0.1, -0.05) is 0 Å². The molecule has 0 bridgehead atoms. The first kappa shape index (κ1) is 18.2. The Kier molecular flexibility index (Phi) is 5.67. The van der Waals surface area contributed by atoms with E-state index >= 15 is 0 Å². The summed E-state index contributed by atoms with van der Waals surface area (Å²) in [6, 6.07) is 9.95. The van der Waals surface area contributed by atoms with E-state index in [1.807, 2.05) is 30.3 Å². The Balaban J connectivity index is 1.40. The number of aromatic amines is 1. The third-order valence-corrected chi connectivity index (χ3v) is 5.20. The highest BCUT2D eigenvalue weighted by Crippen LogP contribution is 2.26. The molecular weight excluding hydrogens is 376 g/mol. The maximum absolute atomic E-state index is 9.19. The SMILES string of the molecule is N#CC(=CNc1ccc(-c2nc(CN3CCOCC3)cs2)cc1)c1nn[nH]n1. The highest BCUT2D eigenvalue weighted by molar-refractivity contribution is 7.13. The number of morpholine rings is 1. The van der Waals surface area contributed by atoms with Gasteiger partial charge in [0.05, 0.1) is 18.9 Å². The van der Waals surface area contributed by atoms with Gasteiger partial charge in [-0.15, -0.1) is 21.5 Å². The molecule has 3 heterocycles. The lowest BCUT2D eigenvalue weighted by Gasteiger charge is -2.25. The van der Waals surface area contributed by atoms with Crippen LogP contribution in [0.2, 0.25) is 0 Å². The molecule has 0 radical (unpaired) electrons. The Hall–Kier alpha value is -3.13. The van der Waals surface area contributed by atoms with Crippen molar-refractivity contribution in [1.82, 2.24) is 30.5 Å². The van der Waals surface area contributed by atoms with Crippen molar-refractivity contribution in [2.24, 2.45) is 0 Å². The Morgan fingerprint density at radius 1 is 1.32 bits per heavy atom. The molecule has 4 rings (SSSR count). The summed E-state index contributed by atoms with van der Waals surface area (Å²) in [5, 5.41) is 28.8. The maximum Gasteiger partial charge on any atom is 0.216 e. The van der Waals surface area contributed by atoms with Crippen LogP contribution in [0, 0.1) is 11.3 Å². The van der Waals surface area contributed by atoms with E-state index in [1.165, 1.54) is 0 Å². The summed E-state index contributed by atoms with van der Waals surface area (Å²) in [5.41, 5.74) is 3.30. The molecule has 1 aliphatic heterocycles. The number of tetrazole rings is 1. The van der Waals surface area contributed by atoms with Crippen LogP contribution in [0.5, 0.6) is 0 Å². The molecule has 142 valence electrons. The van der Waals surface area contributed by atoms with Crippen molar-refractivity contribution in [3.05, 3.63) is 47.4 Å². The molecule has 0 unspecified atom stereocenters. The van der Waals surface area contributed by atoms with Gasteiger partial charge in [-0.25, -0.2) is 4.98 Å². The number of thiazole rings is 1. The van der Waals surface area contributed by atoms with E-state index in [-0.39, 0.29) is 5.82 Å². The lowest BCUT2D eigenvalue weighted by molar-refractivity contribution is 0.0337. The molecule has 28 heavy (non-hydrogen) atoms. The first-order valence-electron chi connectivity index (χ1n) is 8.77. The average Bonchev–Trinajstić information content (AvgIpc) is 3.42. The molecular formula is C18H18N8OS. The zero-order valence-electron chi connectivity index (χ0n) is 15.0. The van der Waals surface area contributed by atoms with Gasteiger partial charge >= 0.3 is 0 Å². The van der Waals surface area contributed by atoms with Gasteiger partial charge < -0.3 is 10.1 Å². The second-order valence-electron chi connectivity index (χ2n) is 6.16. The molecule has 0 spiro atoms. The minimum absolute atomic E-state index is 0.252. The monoisotopic (exact) mass is 394 g/mol.